The Kier molecular flexibility index (Phi) is 5.38. The number of hydrogen-bond acceptors (Lipinski definition) is 4. The molecule has 0 N–H and O–H groups in total. The van der Waals surface area contributed by atoms with Crippen LogP contribution in [0.4, 0.5) is 5.69 Å². The van der Waals surface area contributed by atoms with Crippen LogP contribution in [0, 0.1) is 0 Å². The molecular weight excluding hydrogens is 376 g/mol. The Hall–Kier alpha value is -2.53. The molecule has 0 spiro atoms. The molecule has 5 nitrogen and oxygen atoms in total. The van der Waals surface area contributed by atoms with Crippen LogP contribution in [0.25, 0.3) is 0 Å². The van der Waals surface area contributed by atoms with Crippen LogP contribution in [0.1, 0.15) is 42.4 Å². The van der Waals surface area contributed by atoms with Crippen LogP contribution in [0.15, 0.2) is 36.4 Å². The first kappa shape index (κ1) is 19.4. The van der Waals surface area contributed by atoms with Gasteiger partial charge in [0.15, 0.2) is 0 Å². The lowest BCUT2D eigenvalue weighted by Crippen LogP contribution is -2.37. The van der Waals surface area contributed by atoms with Gasteiger partial charge in [-0.2, -0.15) is 0 Å². The standard InChI is InChI=1S/C25H30N2O3/c1-18(28)27-15-17-30-25-22(6-3-7-23(25)27)19-8-12-26(13-9-19)14-10-20-4-2-5-21-11-16-29-24(20)21/h2-7,19H,8-17H2,1H3. The summed E-state index contributed by atoms with van der Waals surface area (Å²) in [5.41, 5.74) is 4.92. The van der Waals surface area contributed by atoms with E-state index in [-0.39, 0.29) is 5.91 Å². The molecule has 1 saturated heterocycles. The lowest BCUT2D eigenvalue weighted by molar-refractivity contribution is -0.116. The van der Waals surface area contributed by atoms with Crippen LogP contribution in [-0.4, -0.2) is 50.2 Å². The van der Waals surface area contributed by atoms with Crippen molar-refractivity contribution in [3.63, 3.8) is 0 Å². The second kappa shape index (κ2) is 8.31. The molecule has 1 fully saturated rings. The highest BCUT2D eigenvalue weighted by Crippen LogP contribution is 2.42. The number of para-hydroxylation sites is 2. The van der Waals surface area contributed by atoms with Crippen molar-refractivity contribution in [2.45, 2.75) is 38.5 Å². The summed E-state index contributed by atoms with van der Waals surface area (Å²) in [5.74, 6) is 2.64. The predicted molar refractivity (Wildman–Crippen MR) is 118 cm³/mol. The van der Waals surface area contributed by atoms with Gasteiger partial charge in [0.2, 0.25) is 5.91 Å². The summed E-state index contributed by atoms with van der Waals surface area (Å²) in [6.07, 6.45) is 4.34. The van der Waals surface area contributed by atoms with Crippen LogP contribution in [0.3, 0.4) is 0 Å². The molecule has 30 heavy (non-hydrogen) atoms. The molecule has 0 atom stereocenters. The van der Waals surface area contributed by atoms with Gasteiger partial charge >= 0.3 is 0 Å². The van der Waals surface area contributed by atoms with Crippen LogP contribution >= 0.6 is 0 Å². The van der Waals surface area contributed by atoms with Crippen molar-refractivity contribution in [3.8, 4) is 11.5 Å². The summed E-state index contributed by atoms with van der Waals surface area (Å²) in [6, 6.07) is 12.8. The molecule has 1 amide bonds. The van der Waals surface area contributed by atoms with E-state index in [4.69, 9.17) is 9.47 Å². The molecule has 158 valence electrons. The zero-order valence-electron chi connectivity index (χ0n) is 17.7. The van der Waals surface area contributed by atoms with Gasteiger partial charge in [-0.1, -0.05) is 30.3 Å². The smallest absolute Gasteiger partial charge is 0.224 e. The monoisotopic (exact) mass is 406 g/mol. The largest absolute Gasteiger partial charge is 0.493 e. The molecule has 5 heteroatoms. The lowest BCUT2D eigenvalue weighted by Gasteiger charge is -2.35. The minimum atomic E-state index is 0.0860. The normalized spacial score (nSPS) is 19.0. The number of likely N-dealkylation sites (tertiary alicyclic amines) is 1. The first-order chi connectivity index (χ1) is 14.7. The van der Waals surface area contributed by atoms with Gasteiger partial charge in [0.1, 0.15) is 18.1 Å². The SMILES string of the molecule is CC(=O)N1CCOc2c(C3CCN(CCc4cccc5c4OCC5)CC3)cccc21. The van der Waals surface area contributed by atoms with Crippen molar-refractivity contribution in [3.05, 3.63) is 53.1 Å². The Morgan fingerprint density at radius 2 is 1.80 bits per heavy atom. The minimum Gasteiger partial charge on any atom is -0.493 e. The van der Waals surface area contributed by atoms with Crippen molar-refractivity contribution < 1.29 is 14.3 Å². The second-order valence-electron chi connectivity index (χ2n) is 8.58. The molecule has 2 aromatic carbocycles. The van der Waals surface area contributed by atoms with Crippen LogP contribution in [0.2, 0.25) is 0 Å². The van der Waals surface area contributed by atoms with E-state index in [1.165, 1.54) is 16.7 Å². The van der Waals surface area contributed by atoms with E-state index < -0.39 is 0 Å². The molecule has 0 aliphatic carbocycles. The number of ether oxygens (including phenoxy) is 2. The quantitative estimate of drug-likeness (QED) is 0.775. The van der Waals surface area contributed by atoms with Crippen molar-refractivity contribution >= 4 is 11.6 Å². The highest BCUT2D eigenvalue weighted by atomic mass is 16.5. The van der Waals surface area contributed by atoms with Crippen molar-refractivity contribution in [2.75, 3.05) is 44.3 Å². The minimum absolute atomic E-state index is 0.0860. The Balaban J connectivity index is 1.22. The maximum atomic E-state index is 12.0. The summed E-state index contributed by atoms with van der Waals surface area (Å²) < 4.78 is 11.9. The molecule has 3 aliphatic heterocycles. The molecule has 5 rings (SSSR count). The fourth-order valence-corrected chi connectivity index (χ4v) is 5.15. The number of nitrogens with zero attached hydrogens (tertiary/aromatic N) is 2. The van der Waals surface area contributed by atoms with E-state index in [1.54, 1.807) is 6.92 Å². The number of anilines is 1. The zero-order valence-corrected chi connectivity index (χ0v) is 17.7. The number of piperidine rings is 1. The van der Waals surface area contributed by atoms with Gasteiger partial charge in [-0.05, 0) is 61.0 Å². The zero-order chi connectivity index (χ0) is 20.5. The fourth-order valence-electron chi connectivity index (χ4n) is 5.15. The summed E-state index contributed by atoms with van der Waals surface area (Å²) in [6.45, 7) is 6.94. The first-order valence-electron chi connectivity index (χ1n) is 11.2. The van der Waals surface area contributed by atoms with E-state index >= 15 is 0 Å². The summed E-state index contributed by atoms with van der Waals surface area (Å²) in [4.78, 5) is 16.4. The third-order valence-corrected chi connectivity index (χ3v) is 6.78. The van der Waals surface area contributed by atoms with Gasteiger partial charge in [-0.15, -0.1) is 0 Å². The summed E-state index contributed by atoms with van der Waals surface area (Å²) in [5, 5.41) is 0. The van der Waals surface area contributed by atoms with Gasteiger partial charge < -0.3 is 19.3 Å². The van der Waals surface area contributed by atoms with Gasteiger partial charge in [-0.25, -0.2) is 0 Å². The molecule has 0 saturated carbocycles. The molecular formula is C25H30N2O3. The van der Waals surface area contributed by atoms with Crippen LogP contribution in [0.5, 0.6) is 11.5 Å². The molecule has 0 radical (unpaired) electrons. The average Bonchev–Trinajstić information content (AvgIpc) is 3.27. The number of fused-ring (bicyclic) bond motifs is 2. The molecule has 0 aromatic heterocycles. The van der Waals surface area contributed by atoms with Gasteiger partial charge in [0.25, 0.3) is 0 Å². The maximum absolute atomic E-state index is 12.0. The van der Waals surface area contributed by atoms with Gasteiger partial charge in [-0.3, -0.25) is 4.79 Å². The topological polar surface area (TPSA) is 42.0 Å². The number of carbonyl (C=O) groups is 1. The third-order valence-electron chi connectivity index (χ3n) is 6.78. The van der Waals surface area contributed by atoms with Crippen molar-refractivity contribution in [1.29, 1.82) is 0 Å². The molecule has 3 heterocycles. The molecule has 0 bridgehead atoms. The fraction of sp³-hybridized carbons (Fsp3) is 0.480. The summed E-state index contributed by atoms with van der Waals surface area (Å²) in [7, 11) is 0. The Bertz CT molecular complexity index is 934. The highest BCUT2D eigenvalue weighted by Gasteiger charge is 2.29. The van der Waals surface area contributed by atoms with Gasteiger partial charge in [0, 0.05) is 19.9 Å². The van der Waals surface area contributed by atoms with E-state index in [0.717, 1.165) is 69.1 Å². The number of rotatable bonds is 4. The van der Waals surface area contributed by atoms with Crippen molar-refractivity contribution in [2.24, 2.45) is 0 Å². The highest BCUT2D eigenvalue weighted by molar-refractivity contribution is 5.94. The number of benzene rings is 2. The Labute approximate surface area is 178 Å². The average molecular weight is 407 g/mol. The maximum Gasteiger partial charge on any atom is 0.224 e. The van der Waals surface area contributed by atoms with E-state index in [1.807, 2.05) is 11.0 Å². The van der Waals surface area contributed by atoms with Crippen LogP contribution in [-0.2, 0) is 17.6 Å². The second-order valence-corrected chi connectivity index (χ2v) is 8.58. The Morgan fingerprint density at radius 1 is 1.00 bits per heavy atom. The van der Waals surface area contributed by atoms with E-state index in [0.29, 0.717) is 19.1 Å². The number of hydrogen-bond donors (Lipinski definition) is 0. The number of carbonyl (C=O) groups excluding carboxylic acids is 1. The van der Waals surface area contributed by atoms with E-state index in [9.17, 15) is 4.79 Å². The molecule has 2 aromatic rings. The first-order valence-corrected chi connectivity index (χ1v) is 11.2. The lowest BCUT2D eigenvalue weighted by atomic mass is 9.88. The van der Waals surface area contributed by atoms with Crippen LogP contribution < -0.4 is 14.4 Å². The van der Waals surface area contributed by atoms with E-state index in [2.05, 4.69) is 35.2 Å². The Morgan fingerprint density at radius 3 is 2.63 bits per heavy atom. The van der Waals surface area contributed by atoms with Gasteiger partial charge in [0.05, 0.1) is 18.8 Å². The molecule has 3 aliphatic rings. The predicted octanol–water partition coefficient (Wildman–Crippen LogP) is 3.79. The third kappa shape index (κ3) is 3.67. The summed E-state index contributed by atoms with van der Waals surface area (Å²) >= 11 is 0. The number of amides is 1. The van der Waals surface area contributed by atoms with Crippen molar-refractivity contribution in [1.82, 2.24) is 4.90 Å². The molecule has 0 unspecified atom stereocenters.